The van der Waals surface area contributed by atoms with Gasteiger partial charge in [0.2, 0.25) is 5.95 Å². The number of aromatic nitrogens is 4. The topological polar surface area (TPSA) is 154 Å². The molecule has 254 valence electrons. The number of carboxylic acid groups (broad SMARTS) is 1. The van der Waals surface area contributed by atoms with Crippen LogP contribution in [0.2, 0.25) is 0 Å². The second-order valence-corrected chi connectivity index (χ2v) is 10.8. The first-order valence-corrected chi connectivity index (χ1v) is 14.5. The number of amides is 3. The Morgan fingerprint density at radius 1 is 1.10 bits per heavy atom. The number of fused-ring (bicyclic) bond motifs is 1. The molecule has 0 fully saturated rings. The number of aliphatic carboxylic acids is 1. The number of para-hydroxylation sites is 1. The number of hydrogen-bond donors (Lipinski definition) is 4. The lowest BCUT2D eigenvalue weighted by molar-refractivity contribution is -0.192. The molecule has 5 rings (SSSR count). The Kier molecular flexibility index (Phi) is 10.9. The highest BCUT2D eigenvalue weighted by molar-refractivity contribution is 6.02. The maximum absolute atomic E-state index is 14.9. The van der Waals surface area contributed by atoms with E-state index in [1.165, 1.54) is 6.07 Å². The number of carbonyl (C=O) groups is 3. The molecular formula is C31H31F5N8O4. The predicted molar refractivity (Wildman–Crippen MR) is 165 cm³/mol. The summed E-state index contributed by atoms with van der Waals surface area (Å²) < 4.78 is 63.6. The first-order chi connectivity index (χ1) is 22.7. The Morgan fingerprint density at radius 3 is 2.40 bits per heavy atom. The molecule has 3 heterocycles. The lowest BCUT2D eigenvalue weighted by Gasteiger charge is -2.31. The Hall–Kier alpha value is -5.61. The number of imidazole rings is 1. The number of carbonyl (C=O) groups excluding carboxylic acids is 2. The highest BCUT2D eigenvalue weighted by Crippen LogP contribution is 2.39. The highest BCUT2D eigenvalue weighted by atomic mass is 19.4. The Labute approximate surface area is 271 Å². The smallest absolute Gasteiger partial charge is 0.475 e. The normalized spacial score (nSPS) is 12.5. The van der Waals surface area contributed by atoms with E-state index in [9.17, 15) is 31.5 Å². The number of nitrogens with zero attached hydrogens (tertiary/aromatic N) is 5. The van der Waals surface area contributed by atoms with Crippen LogP contribution in [0.15, 0.2) is 55.1 Å². The summed E-state index contributed by atoms with van der Waals surface area (Å²) in [6.07, 6.45) is 0.907. The molecule has 0 atom stereocenters. The van der Waals surface area contributed by atoms with Gasteiger partial charge in [-0.2, -0.15) is 18.2 Å². The number of urea groups is 1. The summed E-state index contributed by atoms with van der Waals surface area (Å²) in [5.74, 6) is -4.59. The Morgan fingerprint density at radius 2 is 1.79 bits per heavy atom. The van der Waals surface area contributed by atoms with Crippen molar-refractivity contribution in [1.29, 1.82) is 0 Å². The lowest BCUT2D eigenvalue weighted by atomic mass is 9.97. The largest absolute Gasteiger partial charge is 0.490 e. The SMILES string of the molecule is Cc1ccc(C(=O)NC(C)C)cc1-c1nc(NCCCn2ccnc2)nc2c1CNC(=O)N2c1c(F)cccc1F.O=C(O)C(F)(F)F. The zero-order chi connectivity index (χ0) is 35.2. The number of anilines is 3. The van der Waals surface area contributed by atoms with E-state index in [4.69, 9.17) is 14.9 Å². The average Bonchev–Trinajstić information content (AvgIpc) is 3.53. The summed E-state index contributed by atoms with van der Waals surface area (Å²) in [6.45, 7) is 6.83. The fourth-order valence-electron chi connectivity index (χ4n) is 4.62. The molecule has 0 saturated carbocycles. The van der Waals surface area contributed by atoms with Crippen molar-refractivity contribution in [3.63, 3.8) is 0 Å². The standard InChI is InChI=1S/C29H30F2N8O2.C2HF3O2/c1-17(2)35-27(40)19-9-8-18(3)20(14-19)24-21-15-34-29(41)39(25-22(30)6-4-7-23(25)31)26(21)37-28(36-24)33-10-5-12-38-13-11-32-16-38;3-2(4,5)1(6)7/h4,6-9,11,13-14,16-17H,5,10,12,15H2,1-3H3,(H,34,41)(H,35,40)(H,33,36,37);(H,6,7). The van der Waals surface area contributed by atoms with Crippen molar-refractivity contribution in [2.75, 3.05) is 16.8 Å². The summed E-state index contributed by atoms with van der Waals surface area (Å²) in [7, 11) is 0. The van der Waals surface area contributed by atoms with E-state index >= 15 is 0 Å². The van der Waals surface area contributed by atoms with E-state index in [1.54, 1.807) is 24.7 Å². The van der Waals surface area contributed by atoms with Crippen LogP contribution in [0.1, 0.15) is 41.8 Å². The lowest BCUT2D eigenvalue weighted by Crippen LogP contribution is -2.43. The number of hydrogen-bond acceptors (Lipinski definition) is 7. The third-order valence-electron chi connectivity index (χ3n) is 6.83. The highest BCUT2D eigenvalue weighted by Gasteiger charge is 2.38. The summed E-state index contributed by atoms with van der Waals surface area (Å²) in [6, 6.07) is 7.87. The molecule has 48 heavy (non-hydrogen) atoms. The molecule has 1 aliphatic rings. The Balaban J connectivity index is 0.000000671. The monoisotopic (exact) mass is 674 g/mol. The van der Waals surface area contributed by atoms with E-state index < -0.39 is 35.5 Å². The van der Waals surface area contributed by atoms with E-state index in [0.29, 0.717) is 41.9 Å². The van der Waals surface area contributed by atoms with Crippen LogP contribution in [0, 0.1) is 18.6 Å². The summed E-state index contributed by atoms with van der Waals surface area (Å²) >= 11 is 0. The van der Waals surface area contributed by atoms with Crippen LogP contribution in [0.5, 0.6) is 0 Å². The molecular weight excluding hydrogens is 643 g/mol. The van der Waals surface area contributed by atoms with Gasteiger partial charge in [-0.3, -0.25) is 4.79 Å². The molecule has 12 nitrogen and oxygen atoms in total. The molecule has 0 spiro atoms. The van der Waals surface area contributed by atoms with Gasteiger partial charge in [-0.1, -0.05) is 12.1 Å². The van der Waals surface area contributed by atoms with E-state index in [1.807, 2.05) is 37.6 Å². The average molecular weight is 675 g/mol. The molecule has 4 N–H and O–H groups in total. The zero-order valence-electron chi connectivity index (χ0n) is 25.9. The molecule has 0 unspecified atom stereocenters. The molecule has 0 saturated heterocycles. The molecule has 3 amide bonds. The van der Waals surface area contributed by atoms with E-state index in [-0.39, 0.29) is 30.3 Å². The van der Waals surface area contributed by atoms with Crippen molar-refractivity contribution >= 4 is 35.4 Å². The van der Waals surface area contributed by atoms with Crippen molar-refractivity contribution in [3.8, 4) is 11.3 Å². The van der Waals surface area contributed by atoms with Crippen LogP contribution >= 0.6 is 0 Å². The minimum absolute atomic E-state index is 0.0266. The van der Waals surface area contributed by atoms with E-state index in [2.05, 4.69) is 25.9 Å². The summed E-state index contributed by atoms with van der Waals surface area (Å²) in [5, 5.41) is 15.9. The maximum atomic E-state index is 14.9. The molecule has 2 aromatic carbocycles. The third-order valence-corrected chi connectivity index (χ3v) is 6.83. The van der Waals surface area contributed by atoms with Gasteiger partial charge in [0, 0.05) is 48.2 Å². The molecule has 0 radical (unpaired) electrons. The van der Waals surface area contributed by atoms with Crippen LogP contribution in [0.3, 0.4) is 0 Å². The van der Waals surface area contributed by atoms with Gasteiger partial charge in [0.25, 0.3) is 5.91 Å². The van der Waals surface area contributed by atoms with Crippen molar-refractivity contribution in [2.45, 2.75) is 52.5 Å². The number of aryl methyl sites for hydroxylation is 2. The zero-order valence-corrected chi connectivity index (χ0v) is 25.9. The molecule has 2 aromatic heterocycles. The molecule has 1 aliphatic heterocycles. The van der Waals surface area contributed by atoms with Crippen molar-refractivity contribution in [3.05, 3.63) is 83.4 Å². The molecule has 17 heteroatoms. The maximum Gasteiger partial charge on any atom is 0.490 e. The van der Waals surface area contributed by atoms with Gasteiger partial charge in [-0.05, 0) is 57.0 Å². The summed E-state index contributed by atoms with van der Waals surface area (Å²) in [5.41, 5.74) is 2.23. The first kappa shape index (κ1) is 35.2. The first-order valence-electron chi connectivity index (χ1n) is 14.5. The van der Waals surface area contributed by atoms with Crippen molar-refractivity contribution < 1.29 is 41.4 Å². The molecule has 0 aliphatic carbocycles. The number of alkyl halides is 3. The van der Waals surface area contributed by atoms with Crippen molar-refractivity contribution in [2.24, 2.45) is 0 Å². The third kappa shape index (κ3) is 8.40. The quantitative estimate of drug-likeness (QED) is 0.133. The van der Waals surface area contributed by atoms with Gasteiger partial charge < -0.3 is 25.6 Å². The van der Waals surface area contributed by atoms with Gasteiger partial charge in [-0.25, -0.2) is 33.2 Å². The Bertz CT molecular complexity index is 1780. The van der Waals surface area contributed by atoms with Crippen LogP contribution in [-0.2, 0) is 17.9 Å². The van der Waals surface area contributed by atoms with Gasteiger partial charge in [-0.15, -0.1) is 0 Å². The van der Waals surface area contributed by atoms with Crippen LogP contribution < -0.4 is 20.9 Å². The van der Waals surface area contributed by atoms with Gasteiger partial charge >= 0.3 is 18.2 Å². The van der Waals surface area contributed by atoms with Crippen LogP contribution in [0.4, 0.5) is 44.2 Å². The van der Waals surface area contributed by atoms with Gasteiger partial charge in [0.15, 0.2) is 5.82 Å². The second kappa shape index (κ2) is 14.9. The molecule has 0 bridgehead atoms. The van der Waals surface area contributed by atoms with Gasteiger partial charge in [0.05, 0.1) is 18.6 Å². The van der Waals surface area contributed by atoms with E-state index in [0.717, 1.165) is 22.6 Å². The number of halogens is 5. The number of nitrogens with one attached hydrogen (secondary N) is 3. The van der Waals surface area contributed by atoms with Gasteiger partial charge in [0.1, 0.15) is 17.3 Å². The molecule has 4 aromatic rings. The fraction of sp³-hybridized carbons (Fsp3) is 0.290. The fourth-order valence-corrected chi connectivity index (χ4v) is 4.62. The second-order valence-electron chi connectivity index (χ2n) is 10.8. The van der Waals surface area contributed by atoms with Crippen LogP contribution in [0.25, 0.3) is 11.3 Å². The number of benzene rings is 2. The number of rotatable bonds is 9. The van der Waals surface area contributed by atoms with Crippen molar-refractivity contribution in [1.82, 2.24) is 30.2 Å². The minimum atomic E-state index is -5.08. The van der Waals surface area contributed by atoms with Crippen LogP contribution in [-0.4, -0.2) is 61.3 Å². The predicted octanol–water partition coefficient (Wildman–Crippen LogP) is 5.56. The number of carboxylic acids is 1. The minimum Gasteiger partial charge on any atom is -0.475 e. The summed E-state index contributed by atoms with van der Waals surface area (Å²) in [4.78, 5) is 49.1.